The highest BCUT2D eigenvalue weighted by atomic mass is 35.5. The van der Waals surface area contributed by atoms with Crippen LogP contribution < -0.4 is 5.32 Å². The van der Waals surface area contributed by atoms with Crippen LogP contribution in [0.5, 0.6) is 0 Å². The normalized spacial score (nSPS) is 18.5. The molecule has 1 unspecified atom stereocenters. The minimum atomic E-state index is 0.0624. The summed E-state index contributed by atoms with van der Waals surface area (Å²) < 4.78 is 0. The van der Waals surface area contributed by atoms with Gasteiger partial charge in [0.25, 0.3) is 5.91 Å². The van der Waals surface area contributed by atoms with Crippen LogP contribution in [0, 0.1) is 12.8 Å². The number of nitrogens with zero attached hydrogens (tertiary/aromatic N) is 1. The molecule has 1 atom stereocenters. The quantitative estimate of drug-likeness (QED) is 0.903. The molecule has 1 aliphatic heterocycles. The molecule has 0 saturated carbocycles. The molecular formula is C17H25ClN2O. The van der Waals surface area contributed by atoms with E-state index in [1.165, 1.54) is 12.8 Å². The maximum absolute atomic E-state index is 12.8. The van der Waals surface area contributed by atoms with Crippen molar-refractivity contribution in [3.05, 3.63) is 34.3 Å². The molecule has 21 heavy (non-hydrogen) atoms. The van der Waals surface area contributed by atoms with Gasteiger partial charge in [-0.05, 0) is 62.9 Å². The maximum atomic E-state index is 12.8. The first-order valence-electron chi connectivity index (χ1n) is 7.88. The van der Waals surface area contributed by atoms with E-state index in [9.17, 15) is 4.79 Å². The monoisotopic (exact) mass is 308 g/mol. The summed E-state index contributed by atoms with van der Waals surface area (Å²) in [7, 11) is 0. The fourth-order valence-corrected chi connectivity index (χ4v) is 3.22. The van der Waals surface area contributed by atoms with Gasteiger partial charge >= 0.3 is 0 Å². The Hall–Kier alpha value is -1.06. The minimum Gasteiger partial charge on any atom is -0.338 e. The molecule has 1 aromatic rings. The summed E-state index contributed by atoms with van der Waals surface area (Å²) in [6.45, 7) is 7.81. The molecule has 0 bridgehead atoms. The highest BCUT2D eigenvalue weighted by Crippen LogP contribution is 2.21. The van der Waals surface area contributed by atoms with E-state index in [0.29, 0.717) is 16.5 Å². The van der Waals surface area contributed by atoms with Crippen LogP contribution in [0.3, 0.4) is 0 Å². The van der Waals surface area contributed by atoms with Gasteiger partial charge in [-0.15, -0.1) is 0 Å². The lowest BCUT2D eigenvalue weighted by molar-refractivity contribution is 0.0719. The Morgan fingerprint density at radius 1 is 1.48 bits per heavy atom. The molecule has 1 aromatic carbocycles. The Labute approximate surface area is 132 Å². The van der Waals surface area contributed by atoms with Crippen molar-refractivity contribution in [2.45, 2.75) is 33.1 Å². The van der Waals surface area contributed by atoms with Gasteiger partial charge in [0, 0.05) is 13.1 Å². The van der Waals surface area contributed by atoms with E-state index in [2.05, 4.69) is 12.2 Å². The lowest BCUT2D eigenvalue weighted by Gasteiger charge is -2.30. The first-order chi connectivity index (χ1) is 10.1. The molecule has 4 heteroatoms. The van der Waals surface area contributed by atoms with Crippen LogP contribution in [0.25, 0.3) is 0 Å². The third-order valence-corrected chi connectivity index (χ3v) is 4.33. The molecule has 1 saturated heterocycles. The SMILES string of the molecule is CCCN(CC1CCCNC1)C(=O)c1ccc(C)cc1Cl. The molecule has 2 rings (SSSR count). The molecule has 1 heterocycles. The third-order valence-electron chi connectivity index (χ3n) is 4.01. The smallest absolute Gasteiger partial charge is 0.255 e. The third kappa shape index (κ3) is 4.45. The van der Waals surface area contributed by atoms with E-state index in [-0.39, 0.29) is 5.91 Å². The number of carbonyl (C=O) groups is 1. The lowest BCUT2D eigenvalue weighted by atomic mass is 9.98. The van der Waals surface area contributed by atoms with Gasteiger partial charge in [0.1, 0.15) is 0 Å². The predicted molar refractivity (Wildman–Crippen MR) is 88.0 cm³/mol. The molecule has 1 amide bonds. The fraction of sp³-hybridized carbons (Fsp3) is 0.588. The Bertz CT molecular complexity index is 484. The number of rotatable bonds is 5. The second kappa shape index (κ2) is 7.81. The molecule has 0 aliphatic carbocycles. The van der Waals surface area contributed by atoms with Gasteiger partial charge in [-0.3, -0.25) is 4.79 Å². The number of nitrogens with one attached hydrogen (secondary N) is 1. The second-order valence-corrected chi connectivity index (χ2v) is 6.35. The van der Waals surface area contributed by atoms with Crippen LogP contribution >= 0.6 is 11.6 Å². The first-order valence-corrected chi connectivity index (χ1v) is 8.25. The zero-order valence-electron chi connectivity index (χ0n) is 13.0. The summed E-state index contributed by atoms with van der Waals surface area (Å²) in [5, 5.41) is 3.97. The number of hydrogen-bond donors (Lipinski definition) is 1. The molecule has 0 radical (unpaired) electrons. The van der Waals surface area contributed by atoms with E-state index in [4.69, 9.17) is 11.6 Å². The van der Waals surface area contributed by atoms with Crippen LogP contribution in [0.1, 0.15) is 42.1 Å². The summed E-state index contributed by atoms with van der Waals surface area (Å²) in [6.07, 6.45) is 3.36. The van der Waals surface area contributed by atoms with Crippen molar-refractivity contribution >= 4 is 17.5 Å². The Morgan fingerprint density at radius 2 is 2.29 bits per heavy atom. The summed E-state index contributed by atoms with van der Waals surface area (Å²) in [6, 6.07) is 5.66. The number of amides is 1. The highest BCUT2D eigenvalue weighted by Gasteiger charge is 2.22. The number of hydrogen-bond acceptors (Lipinski definition) is 2. The molecule has 3 nitrogen and oxygen atoms in total. The zero-order chi connectivity index (χ0) is 15.2. The standard InChI is InChI=1S/C17H25ClN2O/c1-3-9-20(12-14-5-4-8-19-11-14)17(21)15-7-6-13(2)10-16(15)18/h6-7,10,14,19H,3-5,8-9,11-12H2,1-2H3. The summed E-state index contributed by atoms with van der Waals surface area (Å²) in [4.78, 5) is 14.7. The minimum absolute atomic E-state index is 0.0624. The van der Waals surface area contributed by atoms with Gasteiger partial charge in [0.05, 0.1) is 10.6 Å². The highest BCUT2D eigenvalue weighted by molar-refractivity contribution is 6.33. The Morgan fingerprint density at radius 3 is 2.90 bits per heavy atom. The van der Waals surface area contributed by atoms with E-state index in [1.807, 2.05) is 30.0 Å². The van der Waals surface area contributed by atoms with E-state index < -0.39 is 0 Å². The number of carbonyl (C=O) groups excluding carboxylic acids is 1. The van der Waals surface area contributed by atoms with Gasteiger partial charge in [0.2, 0.25) is 0 Å². The molecule has 116 valence electrons. The van der Waals surface area contributed by atoms with Gasteiger partial charge in [0.15, 0.2) is 0 Å². The Kier molecular flexibility index (Phi) is 6.07. The molecule has 1 aliphatic rings. The molecule has 0 aromatic heterocycles. The van der Waals surface area contributed by atoms with Crippen LogP contribution in [-0.2, 0) is 0 Å². The van der Waals surface area contributed by atoms with Gasteiger partial charge < -0.3 is 10.2 Å². The van der Waals surface area contributed by atoms with Crippen molar-refractivity contribution in [1.82, 2.24) is 10.2 Å². The number of benzene rings is 1. The molecule has 1 fully saturated rings. The van der Waals surface area contributed by atoms with Crippen molar-refractivity contribution in [2.75, 3.05) is 26.2 Å². The van der Waals surface area contributed by atoms with Crippen LogP contribution in [0.2, 0.25) is 5.02 Å². The zero-order valence-corrected chi connectivity index (χ0v) is 13.7. The van der Waals surface area contributed by atoms with Gasteiger partial charge in [-0.1, -0.05) is 24.6 Å². The van der Waals surface area contributed by atoms with Gasteiger partial charge in [-0.25, -0.2) is 0 Å². The van der Waals surface area contributed by atoms with Gasteiger partial charge in [-0.2, -0.15) is 0 Å². The summed E-state index contributed by atoms with van der Waals surface area (Å²) >= 11 is 6.25. The fourth-order valence-electron chi connectivity index (χ4n) is 2.90. The topological polar surface area (TPSA) is 32.3 Å². The van der Waals surface area contributed by atoms with Crippen molar-refractivity contribution in [2.24, 2.45) is 5.92 Å². The van der Waals surface area contributed by atoms with Crippen LogP contribution in [0.15, 0.2) is 18.2 Å². The number of aryl methyl sites for hydroxylation is 1. The lowest BCUT2D eigenvalue weighted by Crippen LogP contribution is -2.41. The molecule has 1 N–H and O–H groups in total. The van der Waals surface area contributed by atoms with Crippen LogP contribution in [0.4, 0.5) is 0 Å². The average Bonchev–Trinajstić information content (AvgIpc) is 2.47. The van der Waals surface area contributed by atoms with Crippen molar-refractivity contribution < 1.29 is 4.79 Å². The van der Waals surface area contributed by atoms with E-state index in [1.54, 1.807) is 0 Å². The first kappa shape index (κ1) is 16.3. The summed E-state index contributed by atoms with van der Waals surface area (Å²) in [5.74, 6) is 0.617. The van der Waals surface area contributed by atoms with Crippen LogP contribution in [-0.4, -0.2) is 37.0 Å². The van der Waals surface area contributed by atoms with Crippen molar-refractivity contribution in [1.29, 1.82) is 0 Å². The predicted octanol–water partition coefficient (Wildman–Crippen LogP) is 3.50. The molecule has 0 spiro atoms. The van der Waals surface area contributed by atoms with Crippen molar-refractivity contribution in [3.63, 3.8) is 0 Å². The Balaban J connectivity index is 2.10. The van der Waals surface area contributed by atoms with Crippen molar-refractivity contribution in [3.8, 4) is 0 Å². The van der Waals surface area contributed by atoms with E-state index in [0.717, 1.165) is 38.2 Å². The average molecular weight is 309 g/mol. The summed E-state index contributed by atoms with van der Waals surface area (Å²) in [5.41, 5.74) is 1.70. The largest absolute Gasteiger partial charge is 0.338 e. The maximum Gasteiger partial charge on any atom is 0.255 e. The number of piperidine rings is 1. The number of halogens is 1. The van der Waals surface area contributed by atoms with E-state index >= 15 is 0 Å². The molecular weight excluding hydrogens is 284 g/mol. The second-order valence-electron chi connectivity index (χ2n) is 5.95.